The van der Waals surface area contributed by atoms with Crippen LogP contribution in [0.15, 0.2) is 59.5 Å². The Hall–Kier alpha value is -4.22. The van der Waals surface area contributed by atoms with Crippen molar-refractivity contribution in [1.82, 2.24) is 24.1 Å². The van der Waals surface area contributed by atoms with Crippen LogP contribution in [0.2, 0.25) is 0 Å². The van der Waals surface area contributed by atoms with Gasteiger partial charge in [-0.2, -0.15) is 10.2 Å². The molecule has 8 bridgehead atoms. The number of fused-ring (bicyclic) bond motifs is 8. The number of aromatic nitrogens is 5. The summed E-state index contributed by atoms with van der Waals surface area (Å²) in [6.45, 7) is 6.58. The summed E-state index contributed by atoms with van der Waals surface area (Å²) in [5.41, 5.74) is 6.23. The van der Waals surface area contributed by atoms with Crippen LogP contribution in [-0.2, 0) is 37.8 Å². The number of carboxylic acid groups (broad SMARTS) is 1. The van der Waals surface area contributed by atoms with E-state index in [0.29, 0.717) is 58.9 Å². The van der Waals surface area contributed by atoms with E-state index in [1.54, 1.807) is 41.2 Å². The number of carboxylic acids is 1. The molecule has 0 saturated carbocycles. The van der Waals surface area contributed by atoms with E-state index in [-0.39, 0.29) is 11.7 Å². The van der Waals surface area contributed by atoms with Gasteiger partial charge in [-0.25, -0.2) is 9.18 Å². The second-order valence-corrected chi connectivity index (χ2v) is 14.6. The summed E-state index contributed by atoms with van der Waals surface area (Å²) < 4.78 is 28.0. The molecular formula is C37H38FN5O3S2. The molecule has 0 atom stereocenters. The molecule has 0 radical (unpaired) electrons. The summed E-state index contributed by atoms with van der Waals surface area (Å²) >= 11 is 3.47. The Kier molecular flexibility index (Phi) is 8.76. The number of aryl methyl sites for hydroxylation is 4. The molecule has 1 N–H and O–H groups in total. The highest BCUT2D eigenvalue weighted by Gasteiger charge is 2.28. The van der Waals surface area contributed by atoms with Crippen molar-refractivity contribution in [2.75, 3.05) is 6.61 Å². The van der Waals surface area contributed by atoms with Crippen LogP contribution in [-0.4, -0.2) is 41.8 Å². The standard InChI is InChI=1S/C37H38FN5O3S2/c1-21(2)43-25-16-24(40-43)18-47-20-31-33(22(3)39-42(31)5)34-30(38)13-12-29-28(36(37(44)45)41(4)35(29)34)11-8-14-46-32-17-26(48-19-25)15-23-9-6-7-10-27(23)32/h6-7,9-10,12-13,15-17,21H,8,11,14,18-20H2,1-5H3,(H,44,45). The van der Waals surface area contributed by atoms with Gasteiger partial charge in [-0.3, -0.25) is 9.36 Å². The predicted octanol–water partition coefficient (Wildman–Crippen LogP) is 8.71. The average Bonchev–Trinajstić information content (AvgIpc) is 3.68. The van der Waals surface area contributed by atoms with E-state index in [4.69, 9.17) is 14.9 Å². The molecule has 248 valence electrons. The number of aromatic carboxylic acids is 1. The molecule has 0 fully saturated rings. The normalized spacial score (nSPS) is 14.3. The Bertz CT molecular complexity index is 2200. The molecule has 1 aliphatic rings. The number of carbonyl (C=O) groups is 1. The summed E-state index contributed by atoms with van der Waals surface area (Å²) in [5, 5.41) is 22.9. The van der Waals surface area contributed by atoms with Crippen molar-refractivity contribution in [3.8, 4) is 16.9 Å². The molecule has 0 aliphatic carbocycles. The number of nitrogens with zero attached hydrogens (tertiary/aromatic N) is 5. The molecule has 0 unspecified atom stereocenters. The monoisotopic (exact) mass is 683 g/mol. The van der Waals surface area contributed by atoms with Gasteiger partial charge in [0.25, 0.3) is 0 Å². The SMILES string of the molecule is Cc1nn(C)c2c1-c1c(F)ccc3c(c(C(=O)O)n(C)c13)CCCOc1cc(cc3ccccc13)SCc1cc(nn1C(C)C)CSC2. The van der Waals surface area contributed by atoms with Gasteiger partial charge < -0.3 is 14.4 Å². The van der Waals surface area contributed by atoms with E-state index in [1.165, 1.54) is 6.07 Å². The van der Waals surface area contributed by atoms with E-state index in [0.717, 1.165) is 49.6 Å². The van der Waals surface area contributed by atoms with E-state index in [9.17, 15) is 9.90 Å². The smallest absolute Gasteiger partial charge is 0.352 e. The molecule has 3 aromatic carbocycles. The largest absolute Gasteiger partial charge is 0.493 e. The minimum absolute atomic E-state index is 0.164. The maximum atomic E-state index is 16.0. The van der Waals surface area contributed by atoms with E-state index < -0.39 is 11.8 Å². The minimum atomic E-state index is -1.04. The molecule has 6 aromatic rings. The van der Waals surface area contributed by atoms with Crippen LogP contribution in [0, 0.1) is 12.7 Å². The lowest BCUT2D eigenvalue weighted by molar-refractivity contribution is 0.0685. The van der Waals surface area contributed by atoms with Crippen molar-refractivity contribution in [2.45, 2.75) is 61.8 Å². The molecule has 0 saturated heterocycles. The van der Waals surface area contributed by atoms with E-state index in [2.05, 4.69) is 48.9 Å². The summed E-state index contributed by atoms with van der Waals surface area (Å²) in [4.78, 5) is 13.8. The number of thioether (sulfide) groups is 2. The van der Waals surface area contributed by atoms with Crippen LogP contribution in [0.1, 0.15) is 65.1 Å². The molecule has 3 aromatic heterocycles. The third-order valence-corrected chi connectivity index (χ3v) is 11.0. The molecule has 11 heteroatoms. The number of hydrogen-bond acceptors (Lipinski definition) is 6. The van der Waals surface area contributed by atoms with Crippen molar-refractivity contribution < 1.29 is 19.0 Å². The van der Waals surface area contributed by atoms with Gasteiger partial charge in [-0.05, 0) is 74.9 Å². The zero-order chi connectivity index (χ0) is 33.7. The fourth-order valence-electron chi connectivity index (χ4n) is 6.97. The van der Waals surface area contributed by atoms with Gasteiger partial charge in [-0.1, -0.05) is 24.3 Å². The zero-order valence-electron chi connectivity index (χ0n) is 27.7. The van der Waals surface area contributed by atoms with Gasteiger partial charge in [0.05, 0.1) is 29.2 Å². The maximum Gasteiger partial charge on any atom is 0.352 e. The Morgan fingerprint density at radius 2 is 1.81 bits per heavy atom. The van der Waals surface area contributed by atoms with Gasteiger partial charge in [-0.15, -0.1) is 23.5 Å². The van der Waals surface area contributed by atoms with Crippen molar-refractivity contribution in [1.29, 1.82) is 0 Å². The van der Waals surface area contributed by atoms with Crippen LogP contribution in [0.4, 0.5) is 4.39 Å². The van der Waals surface area contributed by atoms with Crippen LogP contribution in [0.3, 0.4) is 0 Å². The number of rotatable bonds is 2. The summed E-state index contributed by atoms with van der Waals surface area (Å²) in [6.07, 6.45) is 1.05. The Morgan fingerprint density at radius 3 is 2.60 bits per heavy atom. The second-order valence-electron chi connectivity index (χ2n) is 12.6. The summed E-state index contributed by atoms with van der Waals surface area (Å²) in [7, 11) is 3.59. The molecule has 0 amide bonds. The van der Waals surface area contributed by atoms with Crippen LogP contribution >= 0.6 is 23.5 Å². The van der Waals surface area contributed by atoms with Gasteiger partial charge in [0.1, 0.15) is 17.3 Å². The van der Waals surface area contributed by atoms with Gasteiger partial charge in [0, 0.05) is 69.9 Å². The first-order chi connectivity index (χ1) is 23.1. The first kappa shape index (κ1) is 32.3. The van der Waals surface area contributed by atoms with Gasteiger partial charge >= 0.3 is 5.97 Å². The highest BCUT2D eigenvalue weighted by atomic mass is 32.2. The number of hydrogen-bond donors (Lipinski definition) is 1. The van der Waals surface area contributed by atoms with Gasteiger partial charge in [0.2, 0.25) is 0 Å². The lowest BCUT2D eigenvalue weighted by Crippen LogP contribution is -2.09. The summed E-state index contributed by atoms with van der Waals surface area (Å²) in [5.74, 6) is 1.38. The van der Waals surface area contributed by atoms with Crippen molar-refractivity contribution in [2.24, 2.45) is 14.1 Å². The lowest BCUT2D eigenvalue weighted by Gasteiger charge is -2.14. The predicted molar refractivity (Wildman–Crippen MR) is 192 cm³/mol. The third-order valence-electron chi connectivity index (χ3n) is 9.06. The average molecular weight is 684 g/mol. The molecule has 4 heterocycles. The highest BCUT2D eigenvalue weighted by Crippen LogP contribution is 2.41. The third kappa shape index (κ3) is 5.77. The molecule has 0 spiro atoms. The molecule has 1 aliphatic heterocycles. The topological polar surface area (TPSA) is 87.1 Å². The van der Waals surface area contributed by atoms with Gasteiger partial charge in [0.15, 0.2) is 0 Å². The van der Waals surface area contributed by atoms with Crippen LogP contribution in [0.25, 0.3) is 32.8 Å². The zero-order valence-corrected chi connectivity index (χ0v) is 29.3. The number of halogens is 1. The quantitative estimate of drug-likeness (QED) is 0.195. The fraction of sp³-hybridized carbons (Fsp3) is 0.324. The number of ether oxygens (including phenoxy) is 1. The molecular weight excluding hydrogens is 646 g/mol. The van der Waals surface area contributed by atoms with Crippen molar-refractivity contribution >= 4 is 51.2 Å². The maximum absolute atomic E-state index is 16.0. The number of benzene rings is 3. The molecule has 48 heavy (non-hydrogen) atoms. The van der Waals surface area contributed by atoms with Crippen LogP contribution < -0.4 is 4.74 Å². The van der Waals surface area contributed by atoms with E-state index >= 15 is 4.39 Å². The first-order valence-electron chi connectivity index (χ1n) is 16.1. The molecule has 8 nitrogen and oxygen atoms in total. The molecule has 7 rings (SSSR count). The lowest BCUT2D eigenvalue weighted by atomic mass is 9.98. The minimum Gasteiger partial charge on any atom is -0.493 e. The van der Waals surface area contributed by atoms with Crippen molar-refractivity contribution in [3.05, 3.63) is 94.4 Å². The van der Waals surface area contributed by atoms with Crippen LogP contribution in [0.5, 0.6) is 5.75 Å². The fourth-order valence-corrected chi connectivity index (χ4v) is 8.88. The van der Waals surface area contributed by atoms with Crippen molar-refractivity contribution in [3.63, 3.8) is 0 Å². The Morgan fingerprint density at radius 1 is 1.00 bits per heavy atom. The first-order valence-corrected chi connectivity index (χ1v) is 18.3. The Balaban J connectivity index is 1.37. The Labute approximate surface area is 287 Å². The van der Waals surface area contributed by atoms with E-state index in [1.807, 2.05) is 30.8 Å². The summed E-state index contributed by atoms with van der Waals surface area (Å²) in [6, 6.07) is 18.1. The second kappa shape index (κ2) is 13.0. The highest BCUT2D eigenvalue weighted by molar-refractivity contribution is 7.98.